The lowest BCUT2D eigenvalue weighted by atomic mass is 9.96. The average Bonchev–Trinajstić information content (AvgIpc) is 2.36. The van der Waals surface area contributed by atoms with Gasteiger partial charge in [-0.15, -0.1) is 0 Å². The van der Waals surface area contributed by atoms with Crippen LogP contribution in [0.15, 0.2) is 0 Å². The minimum Gasteiger partial charge on any atom is -0.378 e. The van der Waals surface area contributed by atoms with Crippen LogP contribution >= 0.6 is 0 Å². The van der Waals surface area contributed by atoms with Crippen molar-refractivity contribution in [2.75, 3.05) is 32.8 Å². The smallest absolute Gasteiger partial charge is 0.236 e. The number of ether oxygens (including phenoxy) is 1. The van der Waals surface area contributed by atoms with E-state index in [0.29, 0.717) is 19.8 Å². The summed E-state index contributed by atoms with van der Waals surface area (Å²) in [5, 5.41) is 3.36. The molecule has 1 aliphatic heterocycles. The first-order chi connectivity index (χ1) is 7.61. The van der Waals surface area contributed by atoms with Crippen LogP contribution in [0.2, 0.25) is 0 Å². The van der Waals surface area contributed by atoms with E-state index in [9.17, 15) is 4.79 Å². The zero-order valence-corrected chi connectivity index (χ0v) is 10.7. The summed E-state index contributed by atoms with van der Waals surface area (Å²) < 4.78 is 5.22. The van der Waals surface area contributed by atoms with Crippen molar-refractivity contribution in [3.05, 3.63) is 0 Å². The van der Waals surface area contributed by atoms with Crippen molar-refractivity contribution >= 4 is 5.91 Å². The van der Waals surface area contributed by atoms with Crippen LogP contribution in [-0.2, 0) is 9.53 Å². The Bertz CT molecular complexity index is 221. The third kappa shape index (κ3) is 3.76. The van der Waals surface area contributed by atoms with Crippen molar-refractivity contribution in [3.8, 4) is 0 Å². The van der Waals surface area contributed by atoms with E-state index in [4.69, 9.17) is 4.74 Å². The molecule has 0 bridgehead atoms. The highest BCUT2D eigenvalue weighted by Crippen LogP contribution is 2.13. The third-order valence-electron chi connectivity index (χ3n) is 3.59. The lowest BCUT2D eigenvalue weighted by Crippen LogP contribution is -2.50. The van der Waals surface area contributed by atoms with Crippen LogP contribution in [0.1, 0.15) is 33.6 Å². The summed E-state index contributed by atoms with van der Waals surface area (Å²) in [4.78, 5) is 13.8. The zero-order valence-electron chi connectivity index (χ0n) is 10.7. The molecular weight excluding hydrogens is 204 g/mol. The quantitative estimate of drug-likeness (QED) is 0.763. The second kappa shape index (κ2) is 6.21. The predicted molar refractivity (Wildman–Crippen MR) is 64.4 cm³/mol. The third-order valence-corrected chi connectivity index (χ3v) is 3.59. The minimum atomic E-state index is 0.0853. The highest BCUT2D eigenvalue weighted by atomic mass is 16.5. The summed E-state index contributed by atoms with van der Waals surface area (Å²) in [6.07, 6.45) is 2.08. The number of carbonyl (C=O) groups is 1. The van der Waals surface area contributed by atoms with E-state index in [1.54, 1.807) is 0 Å². The van der Waals surface area contributed by atoms with Crippen LogP contribution in [0, 0.1) is 0 Å². The molecule has 0 saturated carbocycles. The van der Waals surface area contributed by atoms with Gasteiger partial charge < -0.3 is 15.0 Å². The molecule has 0 unspecified atom stereocenters. The summed E-state index contributed by atoms with van der Waals surface area (Å²) in [6, 6.07) is 0. The second-order valence-corrected chi connectivity index (χ2v) is 4.61. The van der Waals surface area contributed by atoms with E-state index in [0.717, 1.165) is 25.9 Å². The first kappa shape index (κ1) is 13.5. The molecule has 0 aliphatic carbocycles. The number of amides is 1. The molecule has 0 atom stereocenters. The van der Waals surface area contributed by atoms with Gasteiger partial charge in [-0.25, -0.2) is 0 Å². The zero-order chi connectivity index (χ0) is 12.0. The molecule has 1 amide bonds. The standard InChI is InChI=1S/C12H24N2O2/c1-4-12(3,5-2)13-10-11(15)14-6-8-16-9-7-14/h13H,4-10H2,1-3H3. The minimum absolute atomic E-state index is 0.0853. The SMILES string of the molecule is CCC(C)(CC)NCC(=O)N1CCOCC1. The topological polar surface area (TPSA) is 41.6 Å². The number of carbonyl (C=O) groups excluding carboxylic acids is 1. The molecule has 1 fully saturated rings. The number of morpholine rings is 1. The van der Waals surface area contributed by atoms with E-state index in [1.807, 2.05) is 4.90 Å². The van der Waals surface area contributed by atoms with Gasteiger partial charge in [0.25, 0.3) is 0 Å². The summed E-state index contributed by atoms with van der Waals surface area (Å²) >= 11 is 0. The highest BCUT2D eigenvalue weighted by molar-refractivity contribution is 5.78. The van der Waals surface area contributed by atoms with Crippen molar-refractivity contribution in [2.24, 2.45) is 0 Å². The van der Waals surface area contributed by atoms with Gasteiger partial charge in [0.05, 0.1) is 19.8 Å². The van der Waals surface area contributed by atoms with Crippen LogP contribution in [0.25, 0.3) is 0 Å². The number of hydrogen-bond acceptors (Lipinski definition) is 3. The van der Waals surface area contributed by atoms with E-state index < -0.39 is 0 Å². The molecule has 0 aromatic rings. The van der Waals surface area contributed by atoms with Gasteiger partial charge in [-0.05, 0) is 19.8 Å². The van der Waals surface area contributed by atoms with E-state index >= 15 is 0 Å². The van der Waals surface area contributed by atoms with Crippen molar-refractivity contribution in [1.29, 1.82) is 0 Å². The van der Waals surface area contributed by atoms with Gasteiger partial charge in [0.2, 0.25) is 5.91 Å². The Morgan fingerprint density at radius 2 is 1.88 bits per heavy atom. The van der Waals surface area contributed by atoms with Crippen LogP contribution < -0.4 is 5.32 Å². The van der Waals surface area contributed by atoms with Crippen molar-refractivity contribution < 1.29 is 9.53 Å². The van der Waals surface area contributed by atoms with Crippen LogP contribution in [0.4, 0.5) is 0 Å². The highest BCUT2D eigenvalue weighted by Gasteiger charge is 2.22. The summed E-state index contributed by atoms with van der Waals surface area (Å²) in [7, 11) is 0. The second-order valence-electron chi connectivity index (χ2n) is 4.61. The van der Waals surface area contributed by atoms with Crippen molar-refractivity contribution in [2.45, 2.75) is 39.2 Å². The molecule has 94 valence electrons. The van der Waals surface area contributed by atoms with E-state index in [-0.39, 0.29) is 11.4 Å². The van der Waals surface area contributed by atoms with Crippen LogP contribution in [-0.4, -0.2) is 49.2 Å². The Hall–Kier alpha value is -0.610. The molecule has 1 N–H and O–H groups in total. The van der Waals surface area contributed by atoms with Gasteiger partial charge in [-0.3, -0.25) is 4.79 Å². The van der Waals surface area contributed by atoms with Gasteiger partial charge >= 0.3 is 0 Å². The number of nitrogens with zero attached hydrogens (tertiary/aromatic N) is 1. The fraction of sp³-hybridized carbons (Fsp3) is 0.917. The molecule has 4 nitrogen and oxygen atoms in total. The number of rotatable bonds is 5. The first-order valence-electron chi connectivity index (χ1n) is 6.22. The first-order valence-corrected chi connectivity index (χ1v) is 6.22. The lowest BCUT2D eigenvalue weighted by molar-refractivity contribution is -0.134. The summed E-state index contributed by atoms with van der Waals surface area (Å²) in [5.41, 5.74) is 0.0853. The van der Waals surface area contributed by atoms with Gasteiger partial charge in [-0.2, -0.15) is 0 Å². The van der Waals surface area contributed by atoms with Crippen LogP contribution in [0.3, 0.4) is 0 Å². The predicted octanol–water partition coefficient (Wildman–Crippen LogP) is 1.01. The fourth-order valence-corrected chi connectivity index (χ4v) is 1.71. The number of nitrogens with one attached hydrogen (secondary N) is 1. The lowest BCUT2D eigenvalue weighted by Gasteiger charge is -2.31. The summed E-state index contributed by atoms with van der Waals surface area (Å²) in [6.45, 7) is 9.71. The molecule has 1 heterocycles. The molecule has 1 saturated heterocycles. The fourth-order valence-electron chi connectivity index (χ4n) is 1.71. The molecule has 1 rings (SSSR count). The summed E-state index contributed by atoms with van der Waals surface area (Å²) in [5.74, 6) is 0.191. The Kier molecular flexibility index (Phi) is 5.22. The number of hydrogen-bond donors (Lipinski definition) is 1. The van der Waals surface area contributed by atoms with Gasteiger partial charge in [0, 0.05) is 18.6 Å². The van der Waals surface area contributed by atoms with Gasteiger partial charge in [0.1, 0.15) is 0 Å². The van der Waals surface area contributed by atoms with Crippen molar-refractivity contribution in [3.63, 3.8) is 0 Å². The van der Waals surface area contributed by atoms with Crippen LogP contribution in [0.5, 0.6) is 0 Å². The molecule has 0 aromatic carbocycles. The molecular formula is C12H24N2O2. The Morgan fingerprint density at radius 3 is 2.38 bits per heavy atom. The molecule has 1 aliphatic rings. The maximum absolute atomic E-state index is 11.9. The maximum Gasteiger partial charge on any atom is 0.236 e. The van der Waals surface area contributed by atoms with Gasteiger partial charge in [0.15, 0.2) is 0 Å². The van der Waals surface area contributed by atoms with E-state index in [1.165, 1.54) is 0 Å². The molecule has 0 aromatic heterocycles. The average molecular weight is 228 g/mol. The monoisotopic (exact) mass is 228 g/mol. The Labute approximate surface area is 98.3 Å². The molecule has 0 radical (unpaired) electrons. The van der Waals surface area contributed by atoms with Crippen molar-refractivity contribution in [1.82, 2.24) is 10.2 Å². The Morgan fingerprint density at radius 1 is 1.31 bits per heavy atom. The van der Waals surface area contributed by atoms with Gasteiger partial charge in [-0.1, -0.05) is 13.8 Å². The van der Waals surface area contributed by atoms with E-state index in [2.05, 4.69) is 26.1 Å². The molecule has 4 heteroatoms. The maximum atomic E-state index is 11.9. The normalized spacial score (nSPS) is 17.6. The molecule has 16 heavy (non-hydrogen) atoms. The molecule has 0 spiro atoms. The largest absolute Gasteiger partial charge is 0.378 e. The Balaban J connectivity index is 2.33.